The summed E-state index contributed by atoms with van der Waals surface area (Å²) in [5, 5.41) is 1.39. The van der Waals surface area contributed by atoms with Crippen molar-refractivity contribution in [1.82, 2.24) is 4.57 Å². The predicted molar refractivity (Wildman–Crippen MR) is 117 cm³/mol. The number of hydrogen-bond donors (Lipinski definition) is 1. The van der Waals surface area contributed by atoms with E-state index < -0.39 is 23.4 Å². The molecule has 6 heteroatoms. The average Bonchev–Trinajstić information content (AvgIpc) is 3.07. The van der Waals surface area contributed by atoms with Gasteiger partial charge in [0.25, 0.3) is 0 Å². The zero-order valence-electron chi connectivity index (χ0n) is 17.2. The Morgan fingerprint density at radius 3 is 2.48 bits per heavy atom. The van der Waals surface area contributed by atoms with Gasteiger partial charge in [-0.15, -0.1) is 0 Å². The van der Waals surface area contributed by atoms with Gasteiger partial charge in [0, 0.05) is 27.4 Å². The SMILES string of the molecule is CCCCCc1ccc2c3c(C(N)=O)cccc3n(Cc3c(F)ccc(F)c3F)c2c1. The number of carbonyl (C=O) groups is 1. The normalized spacial score (nSPS) is 11.5. The summed E-state index contributed by atoms with van der Waals surface area (Å²) in [6.45, 7) is 1.92. The van der Waals surface area contributed by atoms with Crippen molar-refractivity contribution in [2.24, 2.45) is 5.73 Å². The number of nitrogens with zero attached hydrogens (tertiary/aromatic N) is 1. The van der Waals surface area contributed by atoms with Gasteiger partial charge in [0.15, 0.2) is 11.6 Å². The highest BCUT2D eigenvalue weighted by Gasteiger charge is 2.20. The molecule has 160 valence electrons. The van der Waals surface area contributed by atoms with E-state index in [1.807, 2.05) is 18.2 Å². The van der Waals surface area contributed by atoms with Crippen molar-refractivity contribution in [2.75, 3.05) is 0 Å². The largest absolute Gasteiger partial charge is 0.366 e. The van der Waals surface area contributed by atoms with Gasteiger partial charge < -0.3 is 10.3 Å². The zero-order chi connectivity index (χ0) is 22.1. The molecular weight excluding hydrogens is 401 g/mol. The number of carbonyl (C=O) groups excluding carboxylic acids is 1. The first-order chi connectivity index (χ1) is 14.9. The summed E-state index contributed by atoms with van der Waals surface area (Å²) in [5.74, 6) is -3.71. The Kier molecular flexibility index (Phi) is 5.72. The van der Waals surface area contributed by atoms with Crippen LogP contribution in [-0.2, 0) is 13.0 Å². The Hall–Kier alpha value is -3.28. The van der Waals surface area contributed by atoms with Crippen LogP contribution in [0.25, 0.3) is 21.8 Å². The lowest BCUT2D eigenvalue weighted by molar-refractivity contribution is 0.100. The first-order valence-electron chi connectivity index (χ1n) is 10.4. The lowest BCUT2D eigenvalue weighted by Gasteiger charge is -2.11. The predicted octanol–water partition coefficient (Wildman–Crippen LogP) is 6.09. The van der Waals surface area contributed by atoms with E-state index in [-0.39, 0.29) is 12.1 Å². The summed E-state index contributed by atoms with van der Waals surface area (Å²) < 4.78 is 44.4. The third-order valence-corrected chi connectivity index (χ3v) is 5.75. The topological polar surface area (TPSA) is 48.0 Å². The Bertz CT molecular complexity index is 1290. The lowest BCUT2D eigenvalue weighted by Crippen LogP contribution is -2.11. The van der Waals surface area contributed by atoms with Gasteiger partial charge in [0.05, 0.1) is 12.1 Å². The van der Waals surface area contributed by atoms with Crippen molar-refractivity contribution in [2.45, 2.75) is 39.2 Å². The monoisotopic (exact) mass is 424 g/mol. The van der Waals surface area contributed by atoms with E-state index in [1.165, 1.54) is 0 Å². The molecule has 0 saturated carbocycles. The molecule has 0 fully saturated rings. The molecule has 0 spiro atoms. The molecule has 0 aliphatic heterocycles. The molecule has 1 amide bonds. The summed E-state index contributed by atoms with van der Waals surface area (Å²) in [5.41, 5.74) is 7.99. The number of fused-ring (bicyclic) bond motifs is 3. The summed E-state index contributed by atoms with van der Waals surface area (Å²) in [7, 11) is 0. The van der Waals surface area contributed by atoms with Crippen LogP contribution < -0.4 is 5.73 Å². The van der Waals surface area contributed by atoms with E-state index in [4.69, 9.17) is 5.73 Å². The van der Waals surface area contributed by atoms with Crippen LogP contribution in [0.4, 0.5) is 13.2 Å². The molecule has 3 nitrogen and oxygen atoms in total. The van der Waals surface area contributed by atoms with Gasteiger partial charge in [0.1, 0.15) is 5.82 Å². The number of primary amides is 1. The minimum Gasteiger partial charge on any atom is -0.366 e. The number of aromatic nitrogens is 1. The van der Waals surface area contributed by atoms with Crippen LogP contribution >= 0.6 is 0 Å². The van der Waals surface area contributed by atoms with Crippen molar-refractivity contribution >= 4 is 27.7 Å². The molecule has 0 unspecified atom stereocenters. The molecule has 0 bridgehead atoms. The molecule has 0 aliphatic carbocycles. The Morgan fingerprint density at radius 2 is 1.74 bits per heavy atom. The van der Waals surface area contributed by atoms with Crippen molar-refractivity contribution in [3.63, 3.8) is 0 Å². The van der Waals surface area contributed by atoms with Gasteiger partial charge in [-0.05, 0) is 48.7 Å². The zero-order valence-corrected chi connectivity index (χ0v) is 17.2. The van der Waals surface area contributed by atoms with Crippen LogP contribution in [0.2, 0.25) is 0 Å². The molecule has 4 rings (SSSR count). The van der Waals surface area contributed by atoms with Crippen LogP contribution in [0.3, 0.4) is 0 Å². The number of benzene rings is 3. The molecular formula is C25H23F3N2O. The minimum atomic E-state index is -1.21. The van der Waals surface area contributed by atoms with Crippen LogP contribution in [0, 0.1) is 17.5 Å². The Labute approximate surface area is 178 Å². The van der Waals surface area contributed by atoms with Gasteiger partial charge in [-0.1, -0.05) is 38.0 Å². The van der Waals surface area contributed by atoms with Gasteiger partial charge in [-0.2, -0.15) is 0 Å². The van der Waals surface area contributed by atoms with Crippen LogP contribution in [0.1, 0.15) is 47.7 Å². The number of hydrogen-bond acceptors (Lipinski definition) is 1. The maximum Gasteiger partial charge on any atom is 0.249 e. The molecule has 1 heterocycles. The summed E-state index contributed by atoms with van der Waals surface area (Å²) in [4.78, 5) is 12.1. The first kappa shape index (κ1) is 21.0. The molecule has 0 aliphatic rings. The van der Waals surface area contributed by atoms with Crippen molar-refractivity contribution < 1.29 is 18.0 Å². The fraction of sp³-hybridized carbons (Fsp3) is 0.240. The van der Waals surface area contributed by atoms with Crippen molar-refractivity contribution in [3.05, 3.63) is 82.7 Å². The fourth-order valence-electron chi connectivity index (χ4n) is 4.17. The van der Waals surface area contributed by atoms with E-state index in [1.54, 1.807) is 22.8 Å². The van der Waals surface area contributed by atoms with Crippen molar-refractivity contribution in [3.8, 4) is 0 Å². The highest BCUT2D eigenvalue weighted by molar-refractivity contribution is 6.18. The molecule has 1 aromatic heterocycles. The highest BCUT2D eigenvalue weighted by atomic mass is 19.2. The van der Waals surface area contributed by atoms with Crippen LogP contribution in [0.15, 0.2) is 48.5 Å². The van der Waals surface area contributed by atoms with Gasteiger partial charge >= 0.3 is 0 Å². The van der Waals surface area contributed by atoms with E-state index in [9.17, 15) is 18.0 Å². The number of halogens is 3. The van der Waals surface area contributed by atoms with Gasteiger partial charge in [-0.25, -0.2) is 13.2 Å². The summed E-state index contributed by atoms with van der Waals surface area (Å²) in [6.07, 6.45) is 4.10. The smallest absolute Gasteiger partial charge is 0.249 e. The number of rotatable bonds is 7. The molecule has 2 N–H and O–H groups in total. The molecule has 0 saturated heterocycles. The van der Waals surface area contributed by atoms with E-state index in [2.05, 4.69) is 6.92 Å². The third-order valence-electron chi connectivity index (χ3n) is 5.75. The van der Waals surface area contributed by atoms with Gasteiger partial charge in [0.2, 0.25) is 5.91 Å². The van der Waals surface area contributed by atoms with Crippen LogP contribution in [0.5, 0.6) is 0 Å². The van der Waals surface area contributed by atoms with E-state index in [0.29, 0.717) is 16.5 Å². The van der Waals surface area contributed by atoms with Crippen LogP contribution in [-0.4, -0.2) is 10.5 Å². The third kappa shape index (κ3) is 3.78. The Balaban J connectivity index is 1.97. The molecule has 31 heavy (non-hydrogen) atoms. The fourth-order valence-corrected chi connectivity index (χ4v) is 4.17. The standard InChI is InChI=1S/C25H23F3N2O/c1-2-3-4-6-15-9-10-16-22(13-15)30(14-18-19(26)11-12-20(27)24(18)28)21-8-5-7-17(23(16)21)25(29)31/h5,7-13H,2-4,6,14H2,1H3,(H2,29,31). The second kappa shape index (κ2) is 8.46. The average molecular weight is 424 g/mol. The number of unbranched alkanes of at least 4 members (excludes halogenated alkanes) is 2. The number of amides is 1. The Morgan fingerprint density at radius 1 is 0.968 bits per heavy atom. The maximum atomic E-state index is 14.4. The highest BCUT2D eigenvalue weighted by Crippen LogP contribution is 2.34. The van der Waals surface area contributed by atoms with Gasteiger partial charge in [-0.3, -0.25) is 4.79 Å². The maximum absolute atomic E-state index is 14.4. The van der Waals surface area contributed by atoms with Crippen molar-refractivity contribution in [1.29, 1.82) is 0 Å². The summed E-state index contributed by atoms with van der Waals surface area (Å²) in [6, 6.07) is 12.7. The quantitative estimate of drug-likeness (QED) is 0.283. The minimum absolute atomic E-state index is 0.212. The molecule has 3 aromatic carbocycles. The lowest BCUT2D eigenvalue weighted by atomic mass is 10.0. The summed E-state index contributed by atoms with van der Waals surface area (Å²) >= 11 is 0. The second-order valence-corrected chi connectivity index (χ2v) is 7.78. The first-order valence-corrected chi connectivity index (χ1v) is 10.4. The number of nitrogens with two attached hydrogens (primary N) is 1. The molecule has 4 aromatic rings. The van der Waals surface area contributed by atoms with E-state index >= 15 is 0 Å². The second-order valence-electron chi connectivity index (χ2n) is 7.78. The molecule has 0 radical (unpaired) electrons. The molecule has 0 atom stereocenters. The van der Waals surface area contributed by atoms with E-state index in [0.717, 1.165) is 54.3 Å². The number of aryl methyl sites for hydroxylation is 1.